The van der Waals surface area contributed by atoms with Gasteiger partial charge < -0.3 is 15.4 Å². The highest BCUT2D eigenvalue weighted by atomic mass is 19.1. The van der Waals surface area contributed by atoms with Gasteiger partial charge in [-0.05, 0) is 42.2 Å². The smallest absolute Gasteiger partial charge is 0.271 e. The molecule has 0 bridgehead atoms. The number of halogens is 1. The number of nitrogens with one attached hydrogen (secondary N) is 2. The highest BCUT2D eigenvalue weighted by molar-refractivity contribution is 5.91. The van der Waals surface area contributed by atoms with Crippen LogP contribution in [0.1, 0.15) is 21.6 Å². The molecule has 0 aliphatic heterocycles. The van der Waals surface area contributed by atoms with Gasteiger partial charge in [0.15, 0.2) is 0 Å². The van der Waals surface area contributed by atoms with E-state index in [1.165, 1.54) is 18.5 Å². The molecule has 150 valence electrons. The van der Waals surface area contributed by atoms with E-state index in [2.05, 4.69) is 20.6 Å². The third-order valence-corrected chi connectivity index (χ3v) is 4.40. The summed E-state index contributed by atoms with van der Waals surface area (Å²) in [6.45, 7) is 1.01. The molecule has 0 fully saturated rings. The summed E-state index contributed by atoms with van der Waals surface area (Å²) in [7, 11) is 1.63. The van der Waals surface area contributed by atoms with Gasteiger partial charge in [0.25, 0.3) is 5.91 Å². The third-order valence-electron chi connectivity index (χ3n) is 4.40. The lowest BCUT2D eigenvalue weighted by atomic mass is 10.1. The molecule has 29 heavy (non-hydrogen) atoms. The van der Waals surface area contributed by atoms with Crippen LogP contribution in [-0.2, 0) is 12.8 Å². The van der Waals surface area contributed by atoms with E-state index in [4.69, 9.17) is 4.74 Å². The van der Waals surface area contributed by atoms with Gasteiger partial charge in [-0.25, -0.2) is 14.4 Å². The zero-order valence-electron chi connectivity index (χ0n) is 16.2. The fourth-order valence-corrected chi connectivity index (χ4v) is 2.77. The Labute approximate surface area is 169 Å². The van der Waals surface area contributed by atoms with Crippen molar-refractivity contribution in [3.8, 4) is 5.75 Å². The van der Waals surface area contributed by atoms with Crippen molar-refractivity contribution in [3.63, 3.8) is 0 Å². The van der Waals surface area contributed by atoms with Gasteiger partial charge in [0.2, 0.25) is 0 Å². The molecule has 0 aliphatic rings. The monoisotopic (exact) mass is 394 g/mol. The van der Waals surface area contributed by atoms with Gasteiger partial charge in [-0.3, -0.25) is 4.79 Å². The topological polar surface area (TPSA) is 76.1 Å². The van der Waals surface area contributed by atoms with Crippen LogP contribution in [0.4, 0.5) is 10.2 Å². The average molecular weight is 394 g/mol. The van der Waals surface area contributed by atoms with E-state index < -0.39 is 0 Å². The van der Waals surface area contributed by atoms with Crippen LogP contribution in [0.25, 0.3) is 0 Å². The molecular weight excluding hydrogens is 371 g/mol. The fourth-order valence-electron chi connectivity index (χ4n) is 2.77. The summed E-state index contributed by atoms with van der Waals surface area (Å²) in [5.74, 6) is 0.845. The summed E-state index contributed by atoms with van der Waals surface area (Å²) >= 11 is 0. The highest BCUT2D eigenvalue weighted by Gasteiger charge is 2.08. The minimum atomic E-state index is -0.274. The van der Waals surface area contributed by atoms with Crippen LogP contribution >= 0.6 is 0 Å². The maximum absolute atomic E-state index is 13.6. The van der Waals surface area contributed by atoms with E-state index in [0.717, 1.165) is 11.3 Å². The number of amides is 1. The molecule has 0 saturated carbocycles. The quantitative estimate of drug-likeness (QED) is 0.583. The van der Waals surface area contributed by atoms with Crippen LogP contribution in [0.15, 0.2) is 60.9 Å². The maximum Gasteiger partial charge on any atom is 0.271 e. The molecule has 0 saturated heterocycles. The Balaban J connectivity index is 1.42. The molecule has 2 aromatic carbocycles. The van der Waals surface area contributed by atoms with Gasteiger partial charge in [-0.15, -0.1) is 0 Å². The fraction of sp³-hybridized carbons (Fsp3) is 0.227. The molecule has 3 aromatic rings. The van der Waals surface area contributed by atoms with Crippen molar-refractivity contribution in [2.45, 2.75) is 12.8 Å². The van der Waals surface area contributed by atoms with Crippen LogP contribution in [-0.4, -0.2) is 36.1 Å². The Morgan fingerprint density at radius 3 is 2.48 bits per heavy atom. The molecule has 0 atom stereocenters. The molecule has 1 amide bonds. The van der Waals surface area contributed by atoms with Crippen molar-refractivity contribution in [3.05, 3.63) is 83.6 Å². The van der Waals surface area contributed by atoms with Crippen LogP contribution < -0.4 is 15.4 Å². The lowest BCUT2D eigenvalue weighted by Gasteiger charge is -2.08. The number of methoxy groups -OCH3 is 1. The summed E-state index contributed by atoms with van der Waals surface area (Å²) in [5, 5.41) is 5.91. The zero-order valence-corrected chi connectivity index (χ0v) is 16.2. The lowest BCUT2D eigenvalue weighted by Crippen LogP contribution is -2.26. The number of carbonyl (C=O) groups is 1. The number of anilines is 1. The Bertz CT molecular complexity index is 930. The molecule has 1 heterocycles. The number of ether oxygens (including phenoxy) is 1. The van der Waals surface area contributed by atoms with E-state index in [0.29, 0.717) is 37.3 Å². The first-order valence-corrected chi connectivity index (χ1v) is 9.36. The molecular formula is C22H23FN4O2. The zero-order chi connectivity index (χ0) is 20.5. The standard InChI is InChI=1S/C22H23FN4O2/c1-29-18-8-6-16(7-9-18)10-12-25-22(28)20-14-27-21(15-26-20)24-13-11-17-4-2-3-5-19(17)23/h2-9,14-15H,10-13H2,1H3,(H,24,27)(H,25,28). The largest absolute Gasteiger partial charge is 0.497 e. The summed E-state index contributed by atoms with van der Waals surface area (Å²) in [5.41, 5.74) is 1.99. The van der Waals surface area contributed by atoms with E-state index in [1.807, 2.05) is 24.3 Å². The Hall–Kier alpha value is -3.48. The second-order valence-electron chi connectivity index (χ2n) is 6.41. The summed E-state index contributed by atoms with van der Waals surface area (Å²) in [4.78, 5) is 20.5. The molecule has 0 spiro atoms. The molecule has 0 aliphatic carbocycles. The number of nitrogens with zero attached hydrogens (tertiary/aromatic N) is 2. The number of benzene rings is 2. The first kappa shape index (κ1) is 20.3. The van der Waals surface area contributed by atoms with Crippen molar-refractivity contribution in [2.24, 2.45) is 0 Å². The van der Waals surface area contributed by atoms with Gasteiger partial charge in [-0.2, -0.15) is 0 Å². The first-order chi connectivity index (χ1) is 14.2. The number of aromatic nitrogens is 2. The summed E-state index contributed by atoms with van der Waals surface area (Å²) in [6.07, 6.45) is 4.16. The van der Waals surface area contributed by atoms with Crippen molar-refractivity contribution in [1.82, 2.24) is 15.3 Å². The number of rotatable bonds is 9. The summed E-state index contributed by atoms with van der Waals surface area (Å²) in [6, 6.07) is 14.4. The molecule has 1 aromatic heterocycles. The molecule has 0 radical (unpaired) electrons. The van der Waals surface area contributed by atoms with Crippen LogP contribution in [0, 0.1) is 5.82 Å². The number of hydrogen-bond acceptors (Lipinski definition) is 5. The predicted molar refractivity (Wildman–Crippen MR) is 110 cm³/mol. The van der Waals surface area contributed by atoms with E-state index in [-0.39, 0.29) is 17.4 Å². The molecule has 0 unspecified atom stereocenters. The van der Waals surface area contributed by atoms with Gasteiger partial charge in [-0.1, -0.05) is 30.3 Å². The second-order valence-corrected chi connectivity index (χ2v) is 6.41. The average Bonchev–Trinajstić information content (AvgIpc) is 2.76. The van der Waals surface area contributed by atoms with E-state index >= 15 is 0 Å². The van der Waals surface area contributed by atoms with Gasteiger partial charge >= 0.3 is 0 Å². The minimum absolute atomic E-state index is 0.220. The van der Waals surface area contributed by atoms with Crippen molar-refractivity contribution >= 4 is 11.7 Å². The van der Waals surface area contributed by atoms with E-state index in [1.54, 1.807) is 25.3 Å². The molecule has 2 N–H and O–H groups in total. The lowest BCUT2D eigenvalue weighted by molar-refractivity contribution is 0.0949. The number of carbonyl (C=O) groups excluding carboxylic acids is 1. The Morgan fingerprint density at radius 2 is 1.79 bits per heavy atom. The van der Waals surface area contributed by atoms with Crippen molar-refractivity contribution < 1.29 is 13.9 Å². The van der Waals surface area contributed by atoms with Gasteiger partial charge in [0.1, 0.15) is 23.1 Å². The van der Waals surface area contributed by atoms with Crippen molar-refractivity contribution in [1.29, 1.82) is 0 Å². The van der Waals surface area contributed by atoms with Gasteiger partial charge in [0, 0.05) is 13.1 Å². The van der Waals surface area contributed by atoms with E-state index in [9.17, 15) is 9.18 Å². The molecule has 3 rings (SSSR count). The molecule has 7 heteroatoms. The minimum Gasteiger partial charge on any atom is -0.497 e. The van der Waals surface area contributed by atoms with Crippen LogP contribution in [0.5, 0.6) is 5.75 Å². The van der Waals surface area contributed by atoms with Crippen LogP contribution in [0.2, 0.25) is 0 Å². The highest BCUT2D eigenvalue weighted by Crippen LogP contribution is 2.11. The van der Waals surface area contributed by atoms with Gasteiger partial charge in [0.05, 0.1) is 19.5 Å². The predicted octanol–water partition coefficient (Wildman–Crippen LogP) is 3.25. The molecule has 6 nitrogen and oxygen atoms in total. The SMILES string of the molecule is COc1ccc(CCNC(=O)c2cnc(NCCc3ccccc3F)cn2)cc1. The van der Waals surface area contributed by atoms with Crippen molar-refractivity contribution in [2.75, 3.05) is 25.5 Å². The number of hydrogen-bond donors (Lipinski definition) is 2. The normalized spacial score (nSPS) is 10.4. The summed E-state index contributed by atoms with van der Waals surface area (Å²) < 4.78 is 18.7. The Kier molecular flexibility index (Phi) is 7.10. The van der Waals surface area contributed by atoms with Crippen LogP contribution in [0.3, 0.4) is 0 Å². The second kappa shape index (κ2) is 10.2. The Morgan fingerprint density at radius 1 is 1.00 bits per heavy atom. The maximum atomic E-state index is 13.6. The first-order valence-electron chi connectivity index (χ1n) is 9.36. The third kappa shape index (κ3) is 6.00.